The first kappa shape index (κ1) is 15.1. The minimum Gasteiger partial charge on any atom is -0.384 e. The molecule has 2 aromatic heterocycles. The van der Waals surface area contributed by atoms with Gasteiger partial charge >= 0.3 is 0 Å². The van der Waals surface area contributed by atoms with E-state index in [1.807, 2.05) is 22.9 Å². The summed E-state index contributed by atoms with van der Waals surface area (Å²) in [6, 6.07) is 8.51. The van der Waals surface area contributed by atoms with E-state index in [4.69, 9.17) is 0 Å². The van der Waals surface area contributed by atoms with Gasteiger partial charge in [0.15, 0.2) is 0 Å². The van der Waals surface area contributed by atoms with E-state index in [1.165, 1.54) is 12.1 Å². The zero-order valence-electron chi connectivity index (χ0n) is 12.2. The number of fused-ring (bicyclic) bond motifs is 1. The van der Waals surface area contributed by atoms with Crippen LogP contribution in [0.2, 0.25) is 0 Å². The van der Waals surface area contributed by atoms with Crippen molar-refractivity contribution in [2.24, 2.45) is 0 Å². The zero-order chi connectivity index (χ0) is 15.6. The second kappa shape index (κ2) is 6.12. The third-order valence-corrected chi connectivity index (χ3v) is 4.36. The molecule has 2 N–H and O–H groups in total. The van der Waals surface area contributed by atoms with Gasteiger partial charge in [0.25, 0.3) is 0 Å². The molecule has 1 atom stereocenters. The van der Waals surface area contributed by atoms with Crippen LogP contribution in [0.15, 0.2) is 47.3 Å². The fraction of sp³-hybridized carbons (Fsp3) is 0.235. The van der Waals surface area contributed by atoms with Crippen molar-refractivity contribution in [3.05, 3.63) is 64.2 Å². The molecule has 0 aliphatic rings. The Labute approximate surface area is 132 Å². The Kier molecular flexibility index (Phi) is 4.20. The SMILES string of the molecule is CC(O)(CNCc1cc(F)cc2cccnc12)c1ccsc1. The summed E-state index contributed by atoms with van der Waals surface area (Å²) in [6.07, 6.45) is 1.70. The monoisotopic (exact) mass is 316 g/mol. The first-order valence-electron chi connectivity index (χ1n) is 7.05. The number of hydrogen-bond acceptors (Lipinski definition) is 4. The molecule has 3 rings (SSSR count). The van der Waals surface area contributed by atoms with Gasteiger partial charge in [0.05, 0.1) is 11.1 Å². The fourth-order valence-electron chi connectivity index (χ4n) is 2.48. The number of aliphatic hydroxyl groups is 1. The summed E-state index contributed by atoms with van der Waals surface area (Å²) in [5.41, 5.74) is 1.51. The number of benzene rings is 1. The van der Waals surface area contributed by atoms with Crippen LogP contribution in [0.25, 0.3) is 10.9 Å². The van der Waals surface area contributed by atoms with Crippen LogP contribution >= 0.6 is 11.3 Å². The van der Waals surface area contributed by atoms with E-state index in [0.717, 1.165) is 22.0 Å². The average Bonchev–Trinajstić information content (AvgIpc) is 3.02. The summed E-state index contributed by atoms with van der Waals surface area (Å²) in [4.78, 5) is 4.32. The van der Waals surface area contributed by atoms with E-state index in [0.29, 0.717) is 13.1 Å². The standard InChI is InChI=1S/C17H17FN2OS/c1-17(21,14-4-6-22-10-14)11-19-9-13-8-15(18)7-12-3-2-5-20-16(12)13/h2-8,10,19,21H,9,11H2,1H3. The van der Waals surface area contributed by atoms with Gasteiger partial charge in [-0.2, -0.15) is 11.3 Å². The Morgan fingerprint density at radius 1 is 1.36 bits per heavy atom. The Morgan fingerprint density at radius 2 is 2.23 bits per heavy atom. The van der Waals surface area contributed by atoms with Crippen molar-refractivity contribution < 1.29 is 9.50 Å². The minimum absolute atomic E-state index is 0.276. The first-order valence-corrected chi connectivity index (χ1v) is 7.99. The second-order valence-corrected chi connectivity index (χ2v) is 6.31. The number of hydrogen-bond donors (Lipinski definition) is 2. The largest absolute Gasteiger partial charge is 0.384 e. The molecule has 2 heterocycles. The number of nitrogens with one attached hydrogen (secondary N) is 1. The maximum absolute atomic E-state index is 13.7. The number of halogens is 1. The summed E-state index contributed by atoms with van der Waals surface area (Å²) in [6.45, 7) is 2.60. The summed E-state index contributed by atoms with van der Waals surface area (Å²) in [5, 5.41) is 18.3. The smallest absolute Gasteiger partial charge is 0.124 e. The molecule has 3 nitrogen and oxygen atoms in total. The van der Waals surface area contributed by atoms with Crippen LogP contribution in [0, 0.1) is 5.82 Å². The molecule has 114 valence electrons. The van der Waals surface area contributed by atoms with Gasteiger partial charge in [0, 0.05) is 24.7 Å². The van der Waals surface area contributed by atoms with E-state index >= 15 is 0 Å². The molecule has 0 bridgehead atoms. The van der Waals surface area contributed by atoms with Gasteiger partial charge in [-0.25, -0.2) is 4.39 Å². The third-order valence-electron chi connectivity index (χ3n) is 3.68. The van der Waals surface area contributed by atoms with E-state index < -0.39 is 5.60 Å². The van der Waals surface area contributed by atoms with E-state index in [-0.39, 0.29) is 5.82 Å². The van der Waals surface area contributed by atoms with Gasteiger partial charge < -0.3 is 10.4 Å². The van der Waals surface area contributed by atoms with Gasteiger partial charge in [-0.3, -0.25) is 4.98 Å². The molecular formula is C17H17FN2OS. The summed E-state index contributed by atoms with van der Waals surface area (Å²) < 4.78 is 13.7. The lowest BCUT2D eigenvalue weighted by Gasteiger charge is -2.23. The topological polar surface area (TPSA) is 45.1 Å². The second-order valence-electron chi connectivity index (χ2n) is 5.53. The molecule has 0 saturated carbocycles. The lowest BCUT2D eigenvalue weighted by atomic mass is 9.99. The van der Waals surface area contributed by atoms with E-state index in [2.05, 4.69) is 10.3 Å². The van der Waals surface area contributed by atoms with Crippen molar-refractivity contribution in [2.45, 2.75) is 19.1 Å². The van der Waals surface area contributed by atoms with Gasteiger partial charge in [0.1, 0.15) is 5.82 Å². The number of thiophene rings is 1. The summed E-state index contributed by atoms with van der Waals surface area (Å²) in [7, 11) is 0. The lowest BCUT2D eigenvalue weighted by molar-refractivity contribution is 0.0571. The van der Waals surface area contributed by atoms with Crippen molar-refractivity contribution in [3.63, 3.8) is 0 Å². The predicted octanol–water partition coefficient (Wildman–Crippen LogP) is 3.43. The number of nitrogens with zero attached hydrogens (tertiary/aromatic N) is 1. The highest BCUT2D eigenvalue weighted by molar-refractivity contribution is 7.08. The van der Waals surface area contributed by atoms with Crippen LogP contribution in [0.4, 0.5) is 4.39 Å². The minimum atomic E-state index is -0.948. The number of rotatable bonds is 5. The highest BCUT2D eigenvalue weighted by Crippen LogP contribution is 2.23. The first-order chi connectivity index (χ1) is 10.6. The molecule has 0 aliphatic heterocycles. The fourth-order valence-corrected chi connectivity index (χ4v) is 3.26. The molecule has 0 radical (unpaired) electrons. The normalized spacial score (nSPS) is 14.1. The maximum Gasteiger partial charge on any atom is 0.124 e. The third kappa shape index (κ3) is 3.16. The average molecular weight is 316 g/mol. The van der Waals surface area contributed by atoms with Crippen LogP contribution in [-0.4, -0.2) is 16.6 Å². The van der Waals surface area contributed by atoms with E-state index in [1.54, 1.807) is 30.5 Å². The van der Waals surface area contributed by atoms with Crippen LogP contribution < -0.4 is 5.32 Å². The molecule has 0 spiro atoms. The van der Waals surface area contributed by atoms with Crippen molar-refractivity contribution in [3.8, 4) is 0 Å². The van der Waals surface area contributed by atoms with Gasteiger partial charge in [-0.1, -0.05) is 6.07 Å². The Balaban J connectivity index is 1.75. The molecule has 0 amide bonds. The van der Waals surface area contributed by atoms with E-state index in [9.17, 15) is 9.50 Å². The molecule has 22 heavy (non-hydrogen) atoms. The molecule has 0 fully saturated rings. The highest BCUT2D eigenvalue weighted by atomic mass is 32.1. The van der Waals surface area contributed by atoms with Gasteiger partial charge in [-0.15, -0.1) is 0 Å². The molecule has 0 aliphatic carbocycles. The highest BCUT2D eigenvalue weighted by Gasteiger charge is 2.22. The molecule has 0 saturated heterocycles. The number of pyridine rings is 1. The zero-order valence-corrected chi connectivity index (χ0v) is 13.0. The summed E-state index contributed by atoms with van der Waals surface area (Å²) >= 11 is 1.55. The Bertz CT molecular complexity index is 771. The van der Waals surface area contributed by atoms with Gasteiger partial charge in [0.2, 0.25) is 0 Å². The van der Waals surface area contributed by atoms with Crippen LogP contribution in [0.1, 0.15) is 18.1 Å². The lowest BCUT2D eigenvalue weighted by Crippen LogP contribution is -2.34. The Hall–Kier alpha value is -1.82. The van der Waals surface area contributed by atoms with Crippen LogP contribution in [0.3, 0.4) is 0 Å². The Morgan fingerprint density at radius 3 is 3.00 bits per heavy atom. The van der Waals surface area contributed by atoms with Crippen LogP contribution in [-0.2, 0) is 12.1 Å². The van der Waals surface area contributed by atoms with Gasteiger partial charge in [-0.05, 0) is 53.1 Å². The van der Waals surface area contributed by atoms with Crippen molar-refractivity contribution in [2.75, 3.05) is 6.54 Å². The van der Waals surface area contributed by atoms with Crippen molar-refractivity contribution >= 4 is 22.2 Å². The maximum atomic E-state index is 13.7. The molecule has 1 unspecified atom stereocenters. The predicted molar refractivity (Wildman–Crippen MR) is 87.3 cm³/mol. The molecule has 1 aromatic carbocycles. The van der Waals surface area contributed by atoms with Crippen molar-refractivity contribution in [1.29, 1.82) is 0 Å². The molecular weight excluding hydrogens is 299 g/mol. The summed E-state index contributed by atoms with van der Waals surface area (Å²) in [5.74, 6) is -0.276. The molecule has 5 heteroatoms. The number of aromatic nitrogens is 1. The quantitative estimate of drug-likeness (QED) is 0.758. The van der Waals surface area contributed by atoms with Crippen LogP contribution in [0.5, 0.6) is 0 Å². The van der Waals surface area contributed by atoms with Crippen molar-refractivity contribution in [1.82, 2.24) is 10.3 Å². The molecule has 3 aromatic rings.